The summed E-state index contributed by atoms with van der Waals surface area (Å²) in [4.78, 5) is 8.61. The summed E-state index contributed by atoms with van der Waals surface area (Å²) in [5.74, 6) is 1.01. The molecule has 2 heterocycles. The van der Waals surface area contributed by atoms with Gasteiger partial charge in [0, 0.05) is 16.7 Å². The van der Waals surface area contributed by atoms with Gasteiger partial charge in [0.05, 0.1) is 10.7 Å². The van der Waals surface area contributed by atoms with Crippen molar-refractivity contribution in [1.29, 1.82) is 0 Å². The first kappa shape index (κ1) is 13.4. The highest BCUT2D eigenvalue weighted by atomic mass is 35.5. The van der Waals surface area contributed by atoms with E-state index in [0.29, 0.717) is 21.9 Å². The van der Waals surface area contributed by atoms with E-state index < -0.39 is 0 Å². The maximum atomic E-state index is 6.17. The van der Waals surface area contributed by atoms with Crippen LogP contribution < -0.4 is 5.73 Å². The summed E-state index contributed by atoms with van der Waals surface area (Å²) in [6.07, 6.45) is 0. The lowest BCUT2D eigenvalue weighted by atomic mass is 10.2. The molecule has 0 fully saturated rings. The highest BCUT2D eigenvalue weighted by molar-refractivity contribution is 7.98. The fraction of sp³-hybridized carbons (Fsp3) is 0.0833. The van der Waals surface area contributed by atoms with Gasteiger partial charge in [-0.25, -0.2) is 10.1 Å². The van der Waals surface area contributed by atoms with E-state index in [4.69, 9.17) is 17.3 Å². The van der Waals surface area contributed by atoms with Gasteiger partial charge in [0.1, 0.15) is 5.01 Å². The Labute approximate surface area is 128 Å². The van der Waals surface area contributed by atoms with Crippen LogP contribution in [0.4, 0.5) is 5.95 Å². The summed E-state index contributed by atoms with van der Waals surface area (Å²) < 4.78 is 0. The van der Waals surface area contributed by atoms with Gasteiger partial charge in [-0.15, -0.1) is 16.4 Å². The fourth-order valence-corrected chi connectivity index (χ4v) is 3.54. The third kappa shape index (κ3) is 2.95. The Morgan fingerprint density at radius 2 is 2.15 bits per heavy atom. The summed E-state index contributed by atoms with van der Waals surface area (Å²) in [6.45, 7) is 0. The number of thiazole rings is 1. The molecule has 0 aliphatic rings. The molecule has 0 aliphatic carbocycles. The molecule has 3 aromatic rings. The number of H-pyrrole nitrogens is 1. The quantitative estimate of drug-likeness (QED) is 0.719. The van der Waals surface area contributed by atoms with Crippen LogP contribution in [0.25, 0.3) is 10.6 Å². The predicted octanol–water partition coefficient (Wildman–Crippen LogP) is 3.46. The average Bonchev–Trinajstić information content (AvgIpc) is 3.06. The number of aromatic nitrogens is 4. The fourth-order valence-electron chi connectivity index (χ4n) is 1.59. The summed E-state index contributed by atoms with van der Waals surface area (Å²) in [7, 11) is 0. The molecular weight excluding hydrogens is 314 g/mol. The Hall–Kier alpha value is -1.57. The van der Waals surface area contributed by atoms with E-state index >= 15 is 0 Å². The first-order chi connectivity index (χ1) is 9.72. The van der Waals surface area contributed by atoms with Crippen molar-refractivity contribution in [3.63, 3.8) is 0 Å². The van der Waals surface area contributed by atoms with Crippen LogP contribution in [0.5, 0.6) is 0 Å². The second kappa shape index (κ2) is 5.82. The molecule has 20 heavy (non-hydrogen) atoms. The summed E-state index contributed by atoms with van der Waals surface area (Å²) in [6, 6.07) is 7.69. The molecule has 0 saturated heterocycles. The molecule has 0 amide bonds. The summed E-state index contributed by atoms with van der Waals surface area (Å²) in [5, 5.41) is 10.8. The summed E-state index contributed by atoms with van der Waals surface area (Å²) >= 11 is 9.23. The maximum Gasteiger partial charge on any atom is 0.216 e. The molecule has 0 spiro atoms. The van der Waals surface area contributed by atoms with E-state index in [1.54, 1.807) is 11.3 Å². The zero-order valence-corrected chi connectivity index (χ0v) is 12.6. The lowest BCUT2D eigenvalue weighted by Crippen LogP contribution is -1.85. The van der Waals surface area contributed by atoms with E-state index in [1.807, 2.05) is 29.6 Å². The van der Waals surface area contributed by atoms with Crippen molar-refractivity contribution in [3.05, 3.63) is 40.4 Å². The molecule has 0 unspecified atom stereocenters. The van der Waals surface area contributed by atoms with Crippen LogP contribution in [0.15, 0.2) is 34.8 Å². The number of halogens is 1. The third-order valence-corrected chi connectivity index (χ3v) is 4.62. The number of hydrogen-bond acceptors (Lipinski definition) is 6. The topological polar surface area (TPSA) is 80.5 Å². The first-order valence-electron chi connectivity index (χ1n) is 5.72. The number of nitrogens with two attached hydrogens (primary N) is 1. The van der Waals surface area contributed by atoms with E-state index in [2.05, 4.69) is 20.2 Å². The molecule has 0 aliphatic heterocycles. The predicted molar refractivity (Wildman–Crippen MR) is 82.9 cm³/mol. The zero-order valence-electron chi connectivity index (χ0n) is 10.2. The largest absolute Gasteiger partial charge is 0.368 e. The molecule has 2 aromatic heterocycles. The van der Waals surface area contributed by atoms with Crippen LogP contribution in [0, 0.1) is 0 Å². The average molecular weight is 324 g/mol. The number of nitrogen functional groups attached to an aromatic ring is 1. The Bertz CT molecular complexity index is 724. The van der Waals surface area contributed by atoms with Gasteiger partial charge in [-0.05, 0) is 6.07 Å². The van der Waals surface area contributed by atoms with Crippen LogP contribution >= 0.6 is 34.7 Å². The molecular formula is C12H10ClN5S2. The molecule has 3 rings (SSSR count). The minimum absolute atomic E-state index is 0.322. The zero-order chi connectivity index (χ0) is 13.9. The highest BCUT2D eigenvalue weighted by Gasteiger charge is 2.09. The van der Waals surface area contributed by atoms with Crippen molar-refractivity contribution in [2.24, 2.45) is 0 Å². The SMILES string of the molecule is Nc1nc(SCc2csc(-c3ccccc3Cl)n2)n[nH]1. The Morgan fingerprint density at radius 3 is 2.90 bits per heavy atom. The molecule has 1 aromatic carbocycles. The van der Waals surface area contributed by atoms with Gasteiger partial charge in [0.15, 0.2) is 0 Å². The number of hydrogen-bond donors (Lipinski definition) is 2. The van der Waals surface area contributed by atoms with Gasteiger partial charge < -0.3 is 5.73 Å². The van der Waals surface area contributed by atoms with Crippen molar-refractivity contribution < 1.29 is 0 Å². The number of anilines is 1. The summed E-state index contributed by atoms with van der Waals surface area (Å²) in [5.41, 5.74) is 7.40. The second-order valence-corrected chi connectivity index (χ2v) is 6.12. The number of thioether (sulfide) groups is 1. The molecule has 0 radical (unpaired) electrons. The molecule has 102 valence electrons. The van der Waals surface area contributed by atoms with Gasteiger partial charge in [-0.3, -0.25) is 0 Å². The van der Waals surface area contributed by atoms with Gasteiger partial charge in [-0.1, -0.05) is 41.6 Å². The molecule has 0 saturated carbocycles. The maximum absolute atomic E-state index is 6.17. The molecule has 0 atom stereocenters. The second-order valence-electron chi connectivity index (χ2n) is 3.92. The molecule has 0 bridgehead atoms. The van der Waals surface area contributed by atoms with Crippen LogP contribution in [-0.4, -0.2) is 20.2 Å². The van der Waals surface area contributed by atoms with E-state index in [1.165, 1.54) is 11.8 Å². The van der Waals surface area contributed by atoms with Gasteiger partial charge in [0.2, 0.25) is 11.1 Å². The van der Waals surface area contributed by atoms with Crippen molar-refractivity contribution in [1.82, 2.24) is 20.2 Å². The van der Waals surface area contributed by atoms with Crippen LogP contribution in [0.2, 0.25) is 5.02 Å². The standard InChI is InChI=1S/C12H10ClN5S2/c13-9-4-2-1-3-8(9)10-15-7(5-19-10)6-20-12-16-11(14)17-18-12/h1-5H,6H2,(H3,14,16,17,18). The lowest BCUT2D eigenvalue weighted by Gasteiger charge is -1.98. The van der Waals surface area contributed by atoms with Gasteiger partial charge in [0.25, 0.3) is 0 Å². The Balaban J connectivity index is 1.72. The minimum atomic E-state index is 0.322. The van der Waals surface area contributed by atoms with E-state index in [-0.39, 0.29) is 0 Å². The number of benzene rings is 1. The van der Waals surface area contributed by atoms with Crippen molar-refractivity contribution in [2.75, 3.05) is 5.73 Å². The van der Waals surface area contributed by atoms with Crippen LogP contribution in [-0.2, 0) is 5.75 Å². The lowest BCUT2D eigenvalue weighted by molar-refractivity contribution is 0.972. The van der Waals surface area contributed by atoms with Crippen LogP contribution in [0.1, 0.15) is 5.69 Å². The number of rotatable bonds is 4. The Morgan fingerprint density at radius 1 is 1.30 bits per heavy atom. The van der Waals surface area contributed by atoms with Gasteiger partial charge >= 0.3 is 0 Å². The first-order valence-corrected chi connectivity index (χ1v) is 7.96. The van der Waals surface area contributed by atoms with Crippen molar-refractivity contribution >= 4 is 40.6 Å². The monoisotopic (exact) mass is 323 g/mol. The third-order valence-electron chi connectivity index (χ3n) is 2.49. The molecule has 5 nitrogen and oxygen atoms in total. The molecule has 8 heteroatoms. The molecule has 3 N–H and O–H groups in total. The smallest absolute Gasteiger partial charge is 0.216 e. The van der Waals surface area contributed by atoms with E-state index in [0.717, 1.165) is 16.3 Å². The highest BCUT2D eigenvalue weighted by Crippen LogP contribution is 2.31. The van der Waals surface area contributed by atoms with Crippen LogP contribution in [0.3, 0.4) is 0 Å². The minimum Gasteiger partial charge on any atom is -0.368 e. The van der Waals surface area contributed by atoms with Crippen molar-refractivity contribution in [2.45, 2.75) is 10.9 Å². The number of nitrogens with one attached hydrogen (secondary N) is 1. The van der Waals surface area contributed by atoms with Crippen molar-refractivity contribution in [3.8, 4) is 10.6 Å². The normalized spacial score (nSPS) is 10.8. The Kier molecular flexibility index (Phi) is 3.90. The van der Waals surface area contributed by atoms with Gasteiger partial charge in [-0.2, -0.15) is 4.98 Å². The number of aromatic amines is 1. The van der Waals surface area contributed by atoms with E-state index in [9.17, 15) is 0 Å². The number of nitrogens with zero attached hydrogens (tertiary/aromatic N) is 3.